The summed E-state index contributed by atoms with van der Waals surface area (Å²) < 4.78 is 45.9. The molecule has 35 heavy (non-hydrogen) atoms. The molecule has 1 aliphatic rings. The van der Waals surface area contributed by atoms with Crippen LogP contribution in [0, 0.1) is 11.3 Å². The van der Waals surface area contributed by atoms with Gasteiger partial charge < -0.3 is 14.6 Å². The topological polar surface area (TPSA) is 56.1 Å². The Morgan fingerprint density at radius 2 is 1.89 bits per heavy atom. The number of rotatable bonds is 5. The quantitative estimate of drug-likeness (QED) is 0.303. The van der Waals surface area contributed by atoms with Crippen molar-refractivity contribution in [1.82, 2.24) is 9.55 Å². The highest BCUT2D eigenvalue weighted by molar-refractivity contribution is 5.88. The number of halogens is 3. The molecule has 186 valence electrons. The summed E-state index contributed by atoms with van der Waals surface area (Å²) in [5.41, 5.74) is 2.47. The van der Waals surface area contributed by atoms with Crippen LogP contribution < -0.4 is 5.32 Å². The van der Waals surface area contributed by atoms with Crippen molar-refractivity contribution in [3.8, 4) is 0 Å². The van der Waals surface area contributed by atoms with Gasteiger partial charge in [-0.25, -0.2) is 9.78 Å². The molecule has 0 amide bonds. The first-order valence-electron chi connectivity index (χ1n) is 11.7. The second-order valence-corrected chi connectivity index (χ2v) is 10.2. The summed E-state index contributed by atoms with van der Waals surface area (Å²) in [5.74, 6) is 0.671. The zero-order chi connectivity index (χ0) is 25.4. The van der Waals surface area contributed by atoms with Crippen LogP contribution in [-0.2, 0) is 15.7 Å². The highest BCUT2D eigenvalue weighted by atomic mass is 19.4. The molecule has 0 radical (unpaired) electrons. The predicted molar refractivity (Wildman–Crippen MR) is 131 cm³/mol. The molecule has 2 aromatic carbocycles. The molecule has 3 aromatic rings. The van der Waals surface area contributed by atoms with Gasteiger partial charge >= 0.3 is 12.1 Å². The third kappa shape index (κ3) is 5.69. The fraction of sp³-hybridized carbons (Fsp3) is 0.407. The lowest BCUT2D eigenvalue weighted by atomic mass is 9.70. The molecule has 1 N–H and O–H groups in total. The van der Waals surface area contributed by atoms with Gasteiger partial charge in [0.05, 0.1) is 23.7 Å². The van der Waals surface area contributed by atoms with Crippen molar-refractivity contribution in [2.75, 3.05) is 12.4 Å². The van der Waals surface area contributed by atoms with Crippen LogP contribution in [0.4, 0.5) is 24.8 Å². The number of aromatic nitrogens is 2. The Morgan fingerprint density at radius 3 is 2.51 bits per heavy atom. The SMILES string of the molecule is COC(=O)/C=C/c1ccc2c(c1)nc(Nc1ccc(C(F)(F)F)cc1)n2[C@H]1C[C@@H](C)CC(C)(C)C1. The number of nitrogens with zero attached hydrogens (tertiary/aromatic N) is 2. The number of esters is 1. The molecule has 0 bridgehead atoms. The van der Waals surface area contributed by atoms with Gasteiger partial charge in [0.2, 0.25) is 5.95 Å². The maximum Gasteiger partial charge on any atom is 0.416 e. The number of hydrogen-bond donors (Lipinski definition) is 1. The summed E-state index contributed by atoms with van der Waals surface area (Å²) in [6, 6.07) is 10.9. The minimum atomic E-state index is -4.39. The summed E-state index contributed by atoms with van der Waals surface area (Å²) in [6.07, 6.45) is 1.73. The molecule has 0 saturated heterocycles. The van der Waals surface area contributed by atoms with Crippen molar-refractivity contribution in [2.45, 2.75) is 52.3 Å². The number of benzene rings is 2. The molecule has 1 saturated carbocycles. The number of imidazole rings is 1. The normalized spacial score (nSPS) is 20.3. The summed E-state index contributed by atoms with van der Waals surface area (Å²) in [7, 11) is 1.32. The van der Waals surface area contributed by atoms with Crippen LogP contribution in [-0.4, -0.2) is 22.6 Å². The van der Waals surface area contributed by atoms with E-state index >= 15 is 0 Å². The molecule has 1 aliphatic carbocycles. The number of carbonyl (C=O) groups is 1. The Morgan fingerprint density at radius 1 is 1.17 bits per heavy atom. The van der Waals surface area contributed by atoms with Crippen molar-refractivity contribution in [3.63, 3.8) is 0 Å². The van der Waals surface area contributed by atoms with E-state index in [0.29, 0.717) is 17.6 Å². The molecule has 0 unspecified atom stereocenters. The van der Waals surface area contributed by atoms with Gasteiger partial charge in [-0.3, -0.25) is 0 Å². The molecule has 8 heteroatoms. The highest BCUT2D eigenvalue weighted by Gasteiger charge is 2.35. The minimum Gasteiger partial charge on any atom is -0.466 e. The van der Waals surface area contributed by atoms with E-state index in [0.717, 1.165) is 48.0 Å². The van der Waals surface area contributed by atoms with E-state index in [2.05, 4.69) is 35.4 Å². The number of hydrogen-bond acceptors (Lipinski definition) is 4. The molecular weight excluding hydrogens is 455 g/mol. The number of alkyl halides is 3. The highest BCUT2D eigenvalue weighted by Crippen LogP contribution is 2.46. The van der Waals surface area contributed by atoms with Gasteiger partial charge in [0.1, 0.15) is 0 Å². The average molecular weight is 486 g/mol. The van der Waals surface area contributed by atoms with Crippen LogP contribution in [0.2, 0.25) is 0 Å². The average Bonchev–Trinajstić information content (AvgIpc) is 3.12. The van der Waals surface area contributed by atoms with E-state index < -0.39 is 17.7 Å². The first-order valence-corrected chi connectivity index (χ1v) is 11.7. The van der Waals surface area contributed by atoms with Crippen LogP contribution in [0.5, 0.6) is 0 Å². The first-order chi connectivity index (χ1) is 16.4. The van der Waals surface area contributed by atoms with E-state index in [1.54, 1.807) is 6.08 Å². The van der Waals surface area contributed by atoms with Crippen LogP contribution in [0.25, 0.3) is 17.1 Å². The summed E-state index contributed by atoms with van der Waals surface area (Å²) in [6.45, 7) is 6.80. The van der Waals surface area contributed by atoms with E-state index in [4.69, 9.17) is 4.98 Å². The number of ether oxygens (including phenoxy) is 1. The summed E-state index contributed by atoms with van der Waals surface area (Å²) in [4.78, 5) is 16.3. The molecule has 1 heterocycles. The Kier molecular flexibility index (Phi) is 6.66. The van der Waals surface area contributed by atoms with Gasteiger partial charge in [-0.05, 0) is 78.6 Å². The van der Waals surface area contributed by atoms with Crippen LogP contribution >= 0.6 is 0 Å². The largest absolute Gasteiger partial charge is 0.466 e. The number of methoxy groups -OCH3 is 1. The molecule has 1 aromatic heterocycles. The van der Waals surface area contributed by atoms with E-state index in [-0.39, 0.29) is 11.5 Å². The molecule has 5 nitrogen and oxygen atoms in total. The Balaban J connectivity index is 1.75. The second-order valence-electron chi connectivity index (χ2n) is 10.2. The van der Waals surface area contributed by atoms with E-state index in [1.165, 1.54) is 25.3 Å². The van der Waals surface area contributed by atoms with Gasteiger partial charge in [0.25, 0.3) is 0 Å². The zero-order valence-corrected chi connectivity index (χ0v) is 20.3. The standard InChI is InChI=1S/C27H30F3N3O2/c1-17-13-21(16-26(2,3)15-17)33-23-11-5-18(6-12-24(34)35-4)14-22(23)32-25(33)31-20-9-7-19(8-10-20)27(28,29)30/h5-12,14,17,21H,13,15-16H2,1-4H3,(H,31,32)/b12-6+/t17-,21+/m1/s1. The number of nitrogens with one attached hydrogen (secondary N) is 1. The van der Waals surface area contributed by atoms with Gasteiger partial charge in [-0.15, -0.1) is 0 Å². The van der Waals surface area contributed by atoms with Gasteiger partial charge in [0.15, 0.2) is 0 Å². The molecule has 0 aliphatic heterocycles. The van der Waals surface area contributed by atoms with Crippen molar-refractivity contribution in [2.24, 2.45) is 11.3 Å². The maximum atomic E-state index is 13.0. The summed E-state index contributed by atoms with van der Waals surface area (Å²) >= 11 is 0. The van der Waals surface area contributed by atoms with Crippen molar-refractivity contribution < 1.29 is 22.7 Å². The molecule has 1 fully saturated rings. The number of anilines is 2. The number of fused-ring (bicyclic) bond motifs is 1. The fourth-order valence-electron chi connectivity index (χ4n) is 5.27. The van der Waals surface area contributed by atoms with Gasteiger partial charge in [-0.1, -0.05) is 26.8 Å². The Labute approximate surface area is 203 Å². The number of carbonyl (C=O) groups excluding carboxylic acids is 1. The predicted octanol–water partition coefficient (Wildman–Crippen LogP) is 7.37. The second kappa shape index (κ2) is 9.40. The van der Waals surface area contributed by atoms with Crippen molar-refractivity contribution in [3.05, 3.63) is 59.7 Å². The van der Waals surface area contributed by atoms with Crippen molar-refractivity contribution >= 4 is 34.7 Å². The van der Waals surface area contributed by atoms with Crippen LogP contribution in [0.1, 0.15) is 57.2 Å². The Hall–Kier alpha value is -3.29. The van der Waals surface area contributed by atoms with Crippen LogP contribution in [0.3, 0.4) is 0 Å². The summed E-state index contributed by atoms with van der Waals surface area (Å²) in [5, 5.41) is 3.25. The van der Waals surface area contributed by atoms with Gasteiger partial charge in [0, 0.05) is 17.8 Å². The zero-order valence-electron chi connectivity index (χ0n) is 20.3. The van der Waals surface area contributed by atoms with E-state index in [9.17, 15) is 18.0 Å². The monoisotopic (exact) mass is 485 g/mol. The fourth-order valence-corrected chi connectivity index (χ4v) is 5.27. The lowest BCUT2D eigenvalue weighted by molar-refractivity contribution is -0.137. The molecule has 2 atom stereocenters. The minimum absolute atomic E-state index is 0.160. The van der Waals surface area contributed by atoms with Crippen LogP contribution in [0.15, 0.2) is 48.5 Å². The van der Waals surface area contributed by atoms with E-state index in [1.807, 2.05) is 18.2 Å². The molecular formula is C27H30F3N3O2. The first kappa shape index (κ1) is 24.8. The van der Waals surface area contributed by atoms with Gasteiger partial charge in [-0.2, -0.15) is 13.2 Å². The third-order valence-corrected chi connectivity index (χ3v) is 6.52. The lowest BCUT2D eigenvalue weighted by Gasteiger charge is -2.40. The maximum absolute atomic E-state index is 13.0. The Bertz CT molecular complexity index is 1240. The molecule has 0 spiro atoms. The third-order valence-electron chi connectivity index (χ3n) is 6.52. The smallest absolute Gasteiger partial charge is 0.416 e. The lowest BCUT2D eigenvalue weighted by Crippen LogP contribution is -2.29. The molecule has 4 rings (SSSR count). The van der Waals surface area contributed by atoms with Crippen molar-refractivity contribution in [1.29, 1.82) is 0 Å².